The molecule has 2 unspecified atom stereocenters. The van der Waals surface area contributed by atoms with Crippen LogP contribution in [0.5, 0.6) is 0 Å². The average molecular weight is 394 g/mol. The van der Waals surface area contributed by atoms with Gasteiger partial charge in [0.1, 0.15) is 6.10 Å². The van der Waals surface area contributed by atoms with E-state index in [0.29, 0.717) is 5.56 Å². The van der Waals surface area contributed by atoms with Gasteiger partial charge in [-0.1, -0.05) is 60.3 Å². The smallest absolute Gasteiger partial charge is 0.185 e. The normalized spacial score (nSPS) is 13.0. The molecule has 0 spiro atoms. The van der Waals surface area contributed by atoms with Crippen molar-refractivity contribution >= 4 is 33.9 Å². The fraction of sp³-hybridized carbons (Fsp3) is 0.174. The van der Waals surface area contributed by atoms with E-state index in [4.69, 9.17) is 0 Å². The Hall–Kier alpha value is -2.60. The fourth-order valence-corrected chi connectivity index (χ4v) is 3.53. The molecular formula is C23H23NO3S. The summed E-state index contributed by atoms with van der Waals surface area (Å²) in [5, 5.41) is 20.4. The molecule has 2 N–H and O–H groups in total. The van der Waals surface area contributed by atoms with Gasteiger partial charge in [-0.25, -0.2) is 0 Å². The molecule has 0 bridgehead atoms. The van der Waals surface area contributed by atoms with E-state index in [0.717, 1.165) is 28.8 Å². The third-order valence-corrected chi connectivity index (χ3v) is 5.26. The molecule has 0 radical (unpaired) electrons. The van der Waals surface area contributed by atoms with Crippen LogP contribution < -0.4 is 4.90 Å². The molecule has 0 amide bonds. The average Bonchev–Trinajstić information content (AvgIpc) is 2.74. The molecule has 4 nitrogen and oxygen atoms in total. The Morgan fingerprint density at radius 2 is 1.29 bits per heavy atom. The number of para-hydroxylation sites is 2. The number of carbonyl (C=O) groups excluding carboxylic acids is 1. The number of carbonyl (C=O) groups is 1. The number of nitrogens with zero attached hydrogens (tertiary/aromatic N) is 1. The van der Waals surface area contributed by atoms with Crippen LogP contribution in [0.2, 0.25) is 0 Å². The van der Waals surface area contributed by atoms with E-state index >= 15 is 0 Å². The van der Waals surface area contributed by atoms with Crippen molar-refractivity contribution in [3.63, 3.8) is 0 Å². The molecule has 0 aliphatic carbocycles. The molecule has 0 saturated carbocycles. The zero-order valence-corrected chi connectivity index (χ0v) is 16.4. The van der Waals surface area contributed by atoms with Crippen molar-refractivity contribution < 1.29 is 15.0 Å². The van der Waals surface area contributed by atoms with Crippen molar-refractivity contribution in [3.8, 4) is 0 Å². The van der Waals surface area contributed by atoms with E-state index in [9.17, 15) is 15.0 Å². The van der Waals surface area contributed by atoms with Crippen LogP contribution in [0.25, 0.3) is 0 Å². The van der Waals surface area contributed by atoms with Gasteiger partial charge in [-0.3, -0.25) is 4.79 Å². The van der Waals surface area contributed by atoms with E-state index in [-0.39, 0.29) is 10.9 Å². The third kappa shape index (κ3) is 5.01. The van der Waals surface area contributed by atoms with Gasteiger partial charge in [0.15, 0.2) is 5.12 Å². The molecule has 0 fully saturated rings. The molecule has 144 valence electrons. The second-order valence-corrected chi connectivity index (χ2v) is 7.61. The van der Waals surface area contributed by atoms with Gasteiger partial charge in [0.25, 0.3) is 0 Å². The van der Waals surface area contributed by atoms with Crippen molar-refractivity contribution in [2.24, 2.45) is 0 Å². The van der Waals surface area contributed by atoms with Crippen molar-refractivity contribution in [3.05, 3.63) is 90.5 Å². The molecule has 28 heavy (non-hydrogen) atoms. The first-order valence-corrected chi connectivity index (χ1v) is 10.0. The summed E-state index contributed by atoms with van der Waals surface area (Å²) in [6.07, 6.45) is -2.04. The predicted octanol–water partition coefficient (Wildman–Crippen LogP) is 4.83. The molecule has 0 heterocycles. The van der Waals surface area contributed by atoms with Gasteiger partial charge >= 0.3 is 0 Å². The van der Waals surface area contributed by atoms with Gasteiger partial charge < -0.3 is 15.1 Å². The summed E-state index contributed by atoms with van der Waals surface area (Å²) in [5.41, 5.74) is 3.61. The first-order valence-electron chi connectivity index (χ1n) is 9.06. The highest BCUT2D eigenvalue weighted by Crippen LogP contribution is 2.34. The van der Waals surface area contributed by atoms with Crippen LogP contribution >= 0.6 is 11.8 Å². The molecule has 3 aromatic rings. The van der Waals surface area contributed by atoms with Crippen LogP contribution in [-0.2, 0) is 4.79 Å². The Kier molecular flexibility index (Phi) is 6.87. The van der Waals surface area contributed by atoms with Crippen LogP contribution in [-0.4, -0.2) is 27.2 Å². The van der Waals surface area contributed by atoms with Gasteiger partial charge in [0.2, 0.25) is 0 Å². The lowest BCUT2D eigenvalue weighted by Gasteiger charge is -2.26. The second-order valence-electron chi connectivity index (χ2n) is 6.41. The summed E-state index contributed by atoms with van der Waals surface area (Å²) < 4.78 is 0. The first-order chi connectivity index (χ1) is 13.6. The van der Waals surface area contributed by atoms with E-state index < -0.39 is 12.2 Å². The van der Waals surface area contributed by atoms with Gasteiger partial charge in [-0.05, 0) is 42.0 Å². The highest BCUT2D eigenvalue weighted by molar-refractivity contribution is 8.13. The summed E-state index contributed by atoms with van der Waals surface area (Å²) in [7, 11) is 0. The lowest BCUT2D eigenvalue weighted by atomic mass is 10.0. The Morgan fingerprint density at radius 3 is 1.75 bits per heavy atom. The molecule has 0 aromatic heterocycles. The molecule has 3 aromatic carbocycles. The summed E-state index contributed by atoms with van der Waals surface area (Å²) in [6, 6.07) is 27.5. The Morgan fingerprint density at radius 1 is 0.821 bits per heavy atom. The van der Waals surface area contributed by atoms with Gasteiger partial charge in [0.05, 0.1) is 6.10 Å². The highest BCUT2D eigenvalue weighted by atomic mass is 32.2. The molecular weight excluding hydrogens is 370 g/mol. The van der Waals surface area contributed by atoms with Crippen molar-refractivity contribution in [2.45, 2.75) is 19.1 Å². The number of thioether (sulfide) groups is 1. The molecule has 5 heteroatoms. The summed E-state index contributed by atoms with van der Waals surface area (Å²) in [6.45, 7) is 1.44. The Balaban J connectivity index is 1.86. The van der Waals surface area contributed by atoms with Crippen LogP contribution in [0.3, 0.4) is 0 Å². The number of benzene rings is 3. The van der Waals surface area contributed by atoms with Crippen LogP contribution in [0.15, 0.2) is 84.9 Å². The summed E-state index contributed by atoms with van der Waals surface area (Å²) in [5.74, 6) is 0.165. The quantitative estimate of drug-likeness (QED) is 0.602. The monoisotopic (exact) mass is 393 g/mol. The van der Waals surface area contributed by atoms with Gasteiger partial charge in [-0.15, -0.1) is 0 Å². The summed E-state index contributed by atoms with van der Waals surface area (Å²) >= 11 is 1.01. The lowest BCUT2D eigenvalue weighted by molar-refractivity contribution is -0.109. The molecule has 0 aliphatic rings. The third-order valence-electron chi connectivity index (χ3n) is 4.34. The van der Waals surface area contributed by atoms with Crippen molar-refractivity contribution in [2.75, 3.05) is 10.7 Å². The van der Waals surface area contributed by atoms with Crippen molar-refractivity contribution in [1.82, 2.24) is 0 Å². The highest BCUT2D eigenvalue weighted by Gasteiger charge is 2.20. The molecule has 2 atom stereocenters. The Labute approximate surface area is 169 Å². The van der Waals surface area contributed by atoms with Gasteiger partial charge in [0, 0.05) is 29.7 Å². The maximum Gasteiger partial charge on any atom is 0.185 e. The topological polar surface area (TPSA) is 60.8 Å². The number of rotatable bonds is 7. The van der Waals surface area contributed by atoms with E-state index in [1.807, 2.05) is 72.8 Å². The minimum Gasteiger partial charge on any atom is -0.389 e. The number of hydrogen-bond donors (Lipinski definition) is 2. The summed E-state index contributed by atoms with van der Waals surface area (Å²) in [4.78, 5) is 13.2. The van der Waals surface area contributed by atoms with E-state index in [1.165, 1.54) is 6.92 Å². The molecule has 0 saturated heterocycles. The van der Waals surface area contributed by atoms with Crippen LogP contribution in [0.1, 0.15) is 18.6 Å². The van der Waals surface area contributed by atoms with Gasteiger partial charge in [-0.2, -0.15) is 0 Å². The minimum absolute atomic E-state index is 0.0806. The standard InChI is InChI=1S/C23H23NO3S/c1-17(25)28-16-22(26)23(27)18-12-14-21(15-13-18)24(19-8-4-2-5-9-19)20-10-6-3-7-11-20/h2-15,22-23,26-27H,16H2,1H3. The Bertz CT molecular complexity index is 845. The largest absolute Gasteiger partial charge is 0.389 e. The maximum absolute atomic E-state index is 11.1. The van der Waals surface area contributed by atoms with E-state index in [2.05, 4.69) is 4.90 Å². The number of aliphatic hydroxyl groups is 2. The minimum atomic E-state index is -1.04. The molecule has 0 aliphatic heterocycles. The predicted molar refractivity (Wildman–Crippen MR) is 115 cm³/mol. The maximum atomic E-state index is 11.1. The van der Waals surface area contributed by atoms with Crippen LogP contribution in [0, 0.1) is 0 Å². The number of aliphatic hydroxyl groups excluding tert-OH is 2. The van der Waals surface area contributed by atoms with E-state index in [1.54, 1.807) is 12.1 Å². The zero-order valence-electron chi connectivity index (χ0n) is 15.6. The number of hydrogen-bond acceptors (Lipinski definition) is 5. The molecule has 3 rings (SSSR count). The van der Waals surface area contributed by atoms with Crippen molar-refractivity contribution in [1.29, 1.82) is 0 Å². The second kappa shape index (κ2) is 9.55. The lowest BCUT2D eigenvalue weighted by Crippen LogP contribution is -2.21. The fourth-order valence-electron chi connectivity index (χ4n) is 2.94. The first kappa shape index (κ1) is 20.1. The zero-order chi connectivity index (χ0) is 19.9. The van der Waals surface area contributed by atoms with Crippen LogP contribution in [0.4, 0.5) is 17.1 Å². The SMILES string of the molecule is CC(=O)SCC(O)C(O)c1ccc(N(c2ccccc2)c2ccccc2)cc1. The number of anilines is 3.